The van der Waals surface area contributed by atoms with Crippen LogP contribution in [0.4, 0.5) is 51.2 Å². The van der Waals surface area contributed by atoms with Crippen LogP contribution < -0.4 is 14.7 Å². The zero-order valence-corrected chi connectivity index (χ0v) is 80.0. The van der Waals surface area contributed by atoms with Gasteiger partial charge in [-0.05, 0) is 249 Å². The van der Waals surface area contributed by atoms with Crippen molar-refractivity contribution < 1.29 is 8.83 Å². The van der Waals surface area contributed by atoms with E-state index in [1.54, 1.807) is 0 Å². The first-order valence-electron chi connectivity index (χ1n) is 50.2. The molecule has 24 aromatic carbocycles. The normalized spacial score (nSPS) is 11.7. The Morgan fingerprint density at radius 1 is 0.136 bits per heavy atom. The molecule has 0 N–H and O–H groups in total. The highest BCUT2D eigenvalue weighted by Crippen LogP contribution is 2.51. The van der Waals surface area contributed by atoms with E-state index in [0.717, 1.165) is 123 Å². The lowest BCUT2D eigenvalue weighted by atomic mass is 10.00. The first kappa shape index (κ1) is 85.3. The number of aromatic nitrogens is 4. The van der Waals surface area contributed by atoms with Gasteiger partial charge in [0.1, 0.15) is 22.3 Å². The Labute approximate surface area is 847 Å². The Balaban J connectivity index is 0.000000107. The van der Waals surface area contributed by atoms with E-state index in [4.69, 9.17) is 8.83 Å². The van der Waals surface area contributed by atoms with Gasteiger partial charge in [0.25, 0.3) is 0 Å². The van der Waals surface area contributed by atoms with Crippen molar-refractivity contribution in [3.8, 4) is 45.0 Å². The summed E-state index contributed by atoms with van der Waals surface area (Å²) in [5.74, 6) is 0. The van der Waals surface area contributed by atoms with Crippen LogP contribution in [0.3, 0.4) is 0 Å². The summed E-state index contributed by atoms with van der Waals surface area (Å²) < 4.78 is 22.4. The van der Waals surface area contributed by atoms with Crippen LogP contribution in [0, 0.1) is 0 Å². The summed E-state index contributed by atoms with van der Waals surface area (Å²) in [5, 5.41) is 21.8. The Morgan fingerprint density at radius 2 is 0.442 bits per heavy atom. The van der Waals surface area contributed by atoms with Gasteiger partial charge in [-0.15, -0.1) is 0 Å². The minimum Gasteiger partial charge on any atom is -0.456 e. The zero-order chi connectivity index (χ0) is 96.9. The number of rotatable bonds is 15. The molecule has 0 aliphatic rings. The summed E-state index contributed by atoms with van der Waals surface area (Å²) >= 11 is 0. The average molecular weight is 1880 g/mol. The maximum Gasteiger partial charge on any atom is 0.137 e. The third-order valence-corrected chi connectivity index (χ3v) is 29.4. The monoisotopic (exact) mass is 1880 g/mol. The van der Waals surface area contributed by atoms with Crippen molar-refractivity contribution in [2.45, 2.75) is 0 Å². The molecule has 0 aliphatic carbocycles. The lowest BCUT2D eigenvalue weighted by Crippen LogP contribution is -2.11. The molecule has 147 heavy (non-hydrogen) atoms. The SMILES string of the molecule is c1ccc(-c2ccc(N(c3ccc4c(c3)oc3ccccc34)c3cc4c(c5ccccc35)c3ccccc3n4-c3ccccc3)cc2)cc1.c1ccc(-c2ccc(N(c3ccc4c(ccc5c4c4ccccc4n5-c4ccccc4)c3)c3ccc4c(c3)oc3ccccc34)cc2)cc1.c1ccc(N(c2ccc3c4ccccc4n(-c4ccccc4)c3c2)c2ccc3c4cc5ccccc5cc4n(-c4ccccc4)c3c2)cc1. The largest absolute Gasteiger partial charge is 0.456 e. The maximum atomic E-state index is 6.44. The summed E-state index contributed by atoms with van der Waals surface area (Å²) in [5.41, 5.74) is 32.2. The number of furan rings is 2. The molecular weight excluding hydrogens is 1790 g/mol. The minimum absolute atomic E-state index is 0.869. The first-order chi connectivity index (χ1) is 72.9. The van der Waals surface area contributed by atoms with Crippen molar-refractivity contribution in [3.05, 3.63) is 552 Å². The van der Waals surface area contributed by atoms with Crippen molar-refractivity contribution in [1.29, 1.82) is 0 Å². The quantitative estimate of drug-likeness (QED) is 0.102. The molecule has 30 rings (SSSR count). The van der Waals surface area contributed by atoms with Crippen LogP contribution >= 0.6 is 0 Å². The number of fused-ring (bicyclic) bond motifs is 23. The summed E-state index contributed by atoms with van der Waals surface area (Å²) in [6.45, 7) is 0. The summed E-state index contributed by atoms with van der Waals surface area (Å²) in [4.78, 5) is 7.10. The minimum atomic E-state index is 0.869. The second-order valence-electron chi connectivity index (χ2n) is 37.8. The Morgan fingerprint density at radius 3 is 0.946 bits per heavy atom. The lowest BCUT2D eigenvalue weighted by Gasteiger charge is -2.27. The predicted octanol–water partition coefficient (Wildman–Crippen LogP) is 38.4. The van der Waals surface area contributed by atoms with E-state index in [-0.39, 0.29) is 0 Å². The van der Waals surface area contributed by atoms with Crippen LogP contribution in [0.15, 0.2) is 561 Å². The first-order valence-corrected chi connectivity index (χ1v) is 50.2. The van der Waals surface area contributed by atoms with Gasteiger partial charge >= 0.3 is 0 Å². The molecule has 9 heteroatoms. The van der Waals surface area contributed by atoms with E-state index in [1.165, 1.54) is 136 Å². The Hall–Kier alpha value is -19.7. The van der Waals surface area contributed by atoms with Gasteiger partial charge in [-0.3, -0.25) is 0 Å². The van der Waals surface area contributed by atoms with Crippen LogP contribution in [0.25, 0.3) is 208 Å². The van der Waals surface area contributed by atoms with Gasteiger partial charge in [-0.25, -0.2) is 0 Å². The highest BCUT2D eigenvalue weighted by Gasteiger charge is 2.28. The molecule has 0 aliphatic heterocycles. The Bertz CT molecular complexity index is 10300. The molecule has 0 bridgehead atoms. The van der Waals surface area contributed by atoms with E-state index in [2.05, 4.69) is 561 Å². The van der Waals surface area contributed by atoms with Gasteiger partial charge in [-0.2, -0.15) is 0 Å². The van der Waals surface area contributed by atoms with Gasteiger partial charge in [0.05, 0.1) is 49.8 Å². The standard InChI is InChI=1S/C46H31N3.2C46H30N2O/c1-4-16-34(17-5-1)47(37-24-26-40-39-22-12-13-23-43(39)48(45(40)30-37)35-18-6-2-7-19-35)38-25-27-41-42-28-32-14-10-11-15-33(32)29-44(42)49(46(41)31-38)36-20-8-3-9-21-36;1-3-11-31(12-4-1)32-19-22-35(23-20-32)47(37-25-27-40-39-15-8-10-18-44(39)49-45(40)30-37)36-24-26-38-33(29-36)21-28-43-46(38)41-16-7-9-17-42(41)48(43)34-13-5-2-6-14-34;1-3-13-31(14-4-1)32-23-25-34(26-24-32)47(35-27-28-38-37-18-10-12-22-44(37)49-45(38)29-35)42-30-43-46(39-19-8-7-17-36(39)42)40-20-9-11-21-41(40)48(43)33-15-5-2-6-16-33/h1-31H;2*1-30H. The predicted molar refractivity (Wildman–Crippen MR) is 619 cm³/mol. The molecule has 690 valence electrons. The second kappa shape index (κ2) is 35.8. The maximum absolute atomic E-state index is 6.44. The molecule has 6 aromatic heterocycles. The third-order valence-electron chi connectivity index (χ3n) is 29.4. The molecule has 0 amide bonds. The van der Waals surface area contributed by atoms with Gasteiger partial charge < -0.3 is 41.8 Å². The van der Waals surface area contributed by atoms with Crippen LogP contribution in [-0.2, 0) is 0 Å². The number of hydrogen-bond donors (Lipinski definition) is 0. The van der Waals surface area contributed by atoms with E-state index < -0.39 is 0 Å². The van der Waals surface area contributed by atoms with Gasteiger partial charge in [0.2, 0.25) is 0 Å². The summed E-state index contributed by atoms with van der Waals surface area (Å²) in [7, 11) is 0. The van der Waals surface area contributed by atoms with E-state index in [0.29, 0.717) is 0 Å². The fraction of sp³-hybridized carbons (Fsp3) is 0. The van der Waals surface area contributed by atoms with Crippen LogP contribution in [0.1, 0.15) is 0 Å². The third kappa shape index (κ3) is 14.8. The molecule has 0 fully saturated rings. The highest BCUT2D eigenvalue weighted by molar-refractivity contribution is 6.26. The number of benzene rings is 24. The highest BCUT2D eigenvalue weighted by atomic mass is 16.3. The Kier molecular flexibility index (Phi) is 20.8. The number of nitrogens with zero attached hydrogens (tertiary/aromatic N) is 7. The van der Waals surface area contributed by atoms with Crippen molar-refractivity contribution in [3.63, 3.8) is 0 Å². The zero-order valence-electron chi connectivity index (χ0n) is 80.0. The van der Waals surface area contributed by atoms with E-state index in [1.807, 2.05) is 24.3 Å². The van der Waals surface area contributed by atoms with Crippen molar-refractivity contribution in [2.75, 3.05) is 14.7 Å². The summed E-state index contributed by atoms with van der Waals surface area (Å²) in [6.07, 6.45) is 0. The fourth-order valence-corrected chi connectivity index (χ4v) is 22.7. The molecule has 0 spiro atoms. The number of anilines is 9. The molecule has 0 saturated heterocycles. The second-order valence-corrected chi connectivity index (χ2v) is 37.8. The number of para-hydroxylation sites is 10. The van der Waals surface area contributed by atoms with E-state index in [9.17, 15) is 0 Å². The molecule has 0 unspecified atom stereocenters. The van der Waals surface area contributed by atoms with Crippen molar-refractivity contribution >= 4 is 215 Å². The van der Waals surface area contributed by atoms with Crippen LogP contribution in [-0.4, -0.2) is 18.3 Å². The lowest BCUT2D eigenvalue weighted by molar-refractivity contribution is 0.668. The molecule has 0 atom stereocenters. The molecule has 0 saturated carbocycles. The smallest absolute Gasteiger partial charge is 0.137 e. The number of hydrogen-bond acceptors (Lipinski definition) is 5. The van der Waals surface area contributed by atoms with Gasteiger partial charge in [-0.1, -0.05) is 340 Å². The molecular formula is C138H91N7O2. The summed E-state index contributed by atoms with van der Waals surface area (Å²) in [6, 6.07) is 198. The van der Waals surface area contributed by atoms with Crippen LogP contribution in [0.2, 0.25) is 0 Å². The van der Waals surface area contributed by atoms with Crippen molar-refractivity contribution in [1.82, 2.24) is 18.3 Å². The molecule has 9 nitrogen and oxygen atoms in total. The molecule has 30 aromatic rings. The van der Waals surface area contributed by atoms with Gasteiger partial charge in [0.15, 0.2) is 0 Å². The van der Waals surface area contributed by atoms with Gasteiger partial charge in [0, 0.05) is 150 Å². The molecule has 0 radical (unpaired) electrons. The average Bonchev–Trinajstić information content (AvgIpc) is 1.57. The fourth-order valence-electron chi connectivity index (χ4n) is 22.7. The van der Waals surface area contributed by atoms with Crippen molar-refractivity contribution in [2.24, 2.45) is 0 Å². The topological polar surface area (TPSA) is 55.7 Å². The van der Waals surface area contributed by atoms with E-state index >= 15 is 0 Å². The van der Waals surface area contributed by atoms with Crippen LogP contribution in [0.5, 0.6) is 0 Å². The molecule has 6 heterocycles.